The molecule has 2 aromatic carbocycles. The Kier molecular flexibility index (Phi) is 5.28. The fourth-order valence-corrected chi connectivity index (χ4v) is 2.72. The van der Waals surface area contributed by atoms with Crippen molar-refractivity contribution in [3.8, 4) is 11.5 Å². The van der Waals surface area contributed by atoms with E-state index in [0.717, 1.165) is 10.0 Å². The number of hydrogen-bond acceptors (Lipinski definition) is 5. The van der Waals surface area contributed by atoms with E-state index in [0.29, 0.717) is 17.4 Å². The summed E-state index contributed by atoms with van der Waals surface area (Å²) in [5, 5.41) is 7.91. The Morgan fingerprint density at radius 1 is 1.12 bits per heavy atom. The highest BCUT2D eigenvalue weighted by Crippen LogP contribution is 2.26. The molecular formula is C19H17BrN2O3. The summed E-state index contributed by atoms with van der Waals surface area (Å²) in [6, 6.07) is 14.9. The van der Waals surface area contributed by atoms with Gasteiger partial charge in [0.2, 0.25) is 5.89 Å². The average molecular weight is 401 g/mol. The van der Waals surface area contributed by atoms with Crippen molar-refractivity contribution in [2.45, 2.75) is 26.4 Å². The predicted molar refractivity (Wildman–Crippen MR) is 97.1 cm³/mol. The average Bonchev–Trinajstić information content (AvgIpc) is 3.09. The van der Waals surface area contributed by atoms with Gasteiger partial charge in [-0.2, -0.15) is 0 Å². The van der Waals surface area contributed by atoms with Crippen LogP contribution in [0.15, 0.2) is 57.4 Å². The lowest BCUT2D eigenvalue weighted by molar-refractivity contribution is 0.0438. The fourth-order valence-electron chi connectivity index (χ4n) is 2.27. The van der Waals surface area contributed by atoms with E-state index in [1.165, 1.54) is 5.56 Å². The van der Waals surface area contributed by atoms with Crippen LogP contribution in [0.4, 0.5) is 0 Å². The van der Waals surface area contributed by atoms with Gasteiger partial charge in [-0.05, 0) is 51.7 Å². The first-order valence-electron chi connectivity index (χ1n) is 7.89. The van der Waals surface area contributed by atoms with Gasteiger partial charge in [0.15, 0.2) is 6.61 Å². The van der Waals surface area contributed by atoms with Crippen LogP contribution >= 0.6 is 15.9 Å². The smallest absolute Gasteiger partial charge is 0.338 e. The standard InChI is InChI=1S/C19H17BrN2O3/c1-12(2)13-7-9-14(10-8-13)19(23)24-11-17-21-22-18(25-17)15-5-3-4-6-16(15)20/h3-10,12H,11H2,1-2H3. The molecule has 0 atom stereocenters. The summed E-state index contributed by atoms with van der Waals surface area (Å²) in [5.41, 5.74) is 2.46. The summed E-state index contributed by atoms with van der Waals surface area (Å²) in [6.07, 6.45) is 0. The minimum atomic E-state index is -0.420. The lowest BCUT2D eigenvalue weighted by Crippen LogP contribution is -2.05. The van der Waals surface area contributed by atoms with Gasteiger partial charge in [-0.3, -0.25) is 0 Å². The van der Waals surface area contributed by atoms with Crippen LogP contribution in [-0.2, 0) is 11.3 Å². The molecule has 3 rings (SSSR count). The van der Waals surface area contributed by atoms with Crippen molar-refractivity contribution in [3.63, 3.8) is 0 Å². The van der Waals surface area contributed by atoms with Gasteiger partial charge in [0.25, 0.3) is 5.89 Å². The number of rotatable bonds is 5. The molecule has 0 aliphatic rings. The van der Waals surface area contributed by atoms with E-state index in [1.807, 2.05) is 36.4 Å². The van der Waals surface area contributed by atoms with Crippen LogP contribution in [0.5, 0.6) is 0 Å². The molecule has 0 fully saturated rings. The number of aromatic nitrogens is 2. The highest BCUT2D eigenvalue weighted by molar-refractivity contribution is 9.10. The molecule has 0 unspecified atom stereocenters. The lowest BCUT2D eigenvalue weighted by atomic mass is 10.0. The van der Waals surface area contributed by atoms with Gasteiger partial charge >= 0.3 is 5.97 Å². The molecule has 25 heavy (non-hydrogen) atoms. The van der Waals surface area contributed by atoms with E-state index in [-0.39, 0.29) is 12.5 Å². The molecule has 3 aromatic rings. The van der Waals surface area contributed by atoms with E-state index >= 15 is 0 Å². The summed E-state index contributed by atoms with van der Waals surface area (Å²) in [5.74, 6) is 0.618. The van der Waals surface area contributed by atoms with Crippen molar-refractivity contribution in [1.82, 2.24) is 10.2 Å². The maximum atomic E-state index is 12.1. The number of halogens is 1. The molecule has 1 aromatic heterocycles. The van der Waals surface area contributed by atoms with E-state index in [9.17, 15) is 4.79 Å². The van der Waals surface area contributed by atoms with Gasteiger partial charge in [0.1, 0.15) is 0 Å². The molecule has 0 aliphatic carbocycles. The minimum Gasteiger partial charge on any atom is -0.452 e. The summed E-state index contributed by atoms with van der Waals surface area (Å²) in [6.45, 7) is 4.14. The normalized spacial score (nSPS) is 10.9. The van der Waals surface area contributed by atoms with E-state index in [2.05, 4.69) is 40.0 Å². The minimum absolute atomic E-state index is 0.0672. The lowest BCUT2D eigenvalue weighted by Gasteiger charge is -2.06. The van der Waals surface area contributed by atoms with E-state index in [4.69, 9.17) is 9.15 Å². The SMILES string of the molecule is CC(C)c1ccc(C(=O)OCc2nnc(-c3ccccc3Br)o2)cc1. The van der Waals surface area contributed by atoms with Crippen LogP contribution in [0.3, 0.4) is 0 Å². The van der Waals surface area contributed by atoms with Crippen molar-refractivity contribution in [3.05, 3.63) is 70.0 Å². The molecule has 0 bridgehead atoms. The third-order valence-electron chi connectivity index (χ3n) is 3.71. The van der Waals surface area contributed by atoms with Gasteiger partial charge in [0, 0.05) is 4.47 Å². The number of nitrogens with zero attached hydrogens (tertiary/aromatic N) is 2. The van der Waals surface area contributed by atoms with Crippen molar-refractivity contribution in [2.24, 2.45) is 0 Å². The highest BCUT2D eigenvalue weighted by atomic mass is 79.9. The van der Waals surface area contributed by atoms with Crippen LogP contribution < -0.4 is 0 Å². The Morgan fingerprint density at radius 2 is 1.84 bits per heavy atom. The molecule has 5 nitrogen and oxygen atoms in total. The summed E-state index contributed by atoms with van der Waals surface area (Å²) >= 11 is 3.44. The number of hydrogen-bond donors (Lipinski definition) is 0. The number of carbonyl (C=O) groups is 1. The van der Waals surface area contributed by atoms with Crippen LogP contribution in [0.25, 0.3) is 11.5 Å². The van der Waals surface area contributed by atoms with E-state index in [1.54, 1.807) is 12.1 Å². The number of carbonyl (C=O) groups excluding carboxylic acids is 1. The fraction of sp³-hybridized carbons (Fsp3) is 0.211. The largest absolute Gasteiger partial charge is 0.452 e. The van der Waals surface area contributed by atoms with Crippen LogP contribution in [0.1, 0.15) is 41.6 Å². The number of benzene rings is 2. The first kappa shape index (κ1) is 17.4. The Bertz CT molecular complexity index is 872. The summed E-state index contributed by atoms with van der Waals surface area (Å²) in [4.78, 5) is 12.1. The monoisotopic (exact) mass is 400 g/mol. The topological polar surface area (TPSA) is 65.2 Å². The zero-order chi connectivity index (χ0) is 17.8. The molecule has 1 heterocycles. The van der Waals surface area contributed by atoms with Crippen molar-refractivity contribution >= 4 is 21.9 Å². The zero-order valence-corrected chi connectivity index (χ0v) is 15.5. The van der Waals surface area contributed by atoms with Crippen molar-refractivity contribution in [1.29, 1.82) is 0 Å². The molecule has 0 saturated heterocycles. The molecule has 128 valence electrons. The third-order valence-corrected chi connectivity index (χ3v) is 4.40. The third kappa shape index (κ3) is 4.14. The van der Waals surface area contributed by atoms with Gasteiger partial charge in [-0.15, -0.1) is 10.2 Å². The second kappa shape index (κ2) is 7.61. The maximum absolute atomic E-state index is 12.1. The summed E-state index contributed by atoms with van der Waals surface area (Å²) < 4.78 is 11.7. The molecule has 0 saturated carbocycles. The highest BCUT2D eigenvalue weighted by Gasteiger charge is 2.14. The predicted octanol–water partition coefficient (Wildman–Crippen LogP) is 4.98. The Labute approximate surface area is 154 Å². The second-order valence-electron chi connectivity index (χ2n) is 5.83. The molecule has 6 heteroatoms. The van der Waals surface area contributed by atoms with Crippen LogP contribution in [0, 0.1) is 0 Å². The Hall–Kier alpha value is -2.47. The van der Waals surface area contributed by atoms with Crippen LogP contribution in [-0.4, -0.2) is 16.2 Å². The van der Waals surface area contributed by atoms with E-state index < -0.39 is 5.97 Å². The summed E-state index contributed by atoms with van der Waals surface area (Å²) in [7, 11) is 0. The molecule has 0 spiro atoms. The first-order valence-corrected chi connectivity index (χ1v) is 8.68. The Balaban J connectivity index is 1.64. The number of ether oxygens (including phenoxy) is 1. The molecule has 0 N–H and O–H groups in total. The van der Waals surface area contributed by atoms with Gasteiger partial charge in [-0.1, -0.05) is 38.1 Å². The zero-order valence-electron chi connectivity index (χ0n) is 13.9. The molecular weight excluding hydrogens is 384 g/mol. The second-order valence-corrected chi connectivity index (χ2v) is 6.69. The van der Waals surface area contributed by atoms with Gasteiger partial charge in [-0.25, -0.2) is 4.79 Å². The maximum Gasteiger partial charge on any atom is 0.338 e. The van der Waals surface area contributed by atoms with Gasteiger partial charge < -0.3 is 9.15 Å². The molecule has 0 amide bonds. The van der Waals surface area contributed by atoms with Gasteiger partial charge in [0.05, 0.1) is 11.1 Å². The first-order chi connectivity index (χ1) is 12.0. The molecule has 0 aliphatic heterocycles. The van der Waals surface area contributed by atoms with Crippen molar-refractivity contribution in [2.75, 3.05) is 0 Å². The Morgan fingerprint density at radius 3 is 2.52 bits per heavy atom. The van der Waals surface area contributed by atoms with Crippen molar-refractivity contribution < 1.29 is 13.9 Å². The van der Waals surface area contributed by atoms with Crippen LogP contribution in [0.2, 0.25) is 0 Å². The quantitative estimate of drug-likeness (QED) is 0.565. The number of esters is 1. The molecule has 0 radical (unpaired) electrons.